The average Bonchev–Trinajstić information content (AvgIpc) is 3.77. The molecule has 0 saturated carbocycles. The van der Waals surface area contributed by atoms with Gasteiger partial charge < -0.3 is 4.42 Å². The Morgan fingerprint density at radius 1 is 0.300 bits per heavy atom. The fraction of sp³-hybridized carbons (Fsp3) is 0. The van der Waals surface area contributed by atoms with Crippen LogP contribution in [-0.4, -0.2) is 0 Å². The molecule has 0 radical (unpaired) electrons. The molecule has 2 aromatic heterocycles. The van der Waals surface area contributed by atoms with Gasteiger partial charge in [0.25, 0.3) is 0 Å². The second-order valence-electron chi connectivity index (χ2n) is 13.5. The van der Waals surface area contributed by atoms with Crippen molar-refractivity contribution in [2.75, 3.05) is 0 Å². The molecule has 0 amide bonds. The van der Waals surface area contributed by atoms with Gasteiger partial charge in [-0.25, -0.2) is 0 Å². The van der Waals surface area contributed by atoms with Crippen molar-refractivity contribution in [3.8, 4) is 22.3 Å². The van der Waals surface area contributed by atoms with Crippen LogP contribution in [-0.2, 0) is 0 Å². The maximum absolute atomic E-state index is 7.14. The first-order valence-electron chi connectivity index (χ1n) is 17.2. The van der Waals surface area contributed by atoms with Crippen molar-refractivity contribution in [2.45, 2.75) is 0 Å². The molecule has 2 heterocycles. The van der Waals surface area contributed by atoms with E-state index >= 15 is 0 Å². The highest BCUT2D eigenvalue weighted by Crippen LogP contribution is 2.49. The van der Waals surface area contributed by atoms with Crippen LogP contribution in [0.5, 0.6) is 0 Å². The summed E-state index contributed by atoms with van der Waals surface area (Å²) in [6.45, 7) is 0. The van der Waals surface area contributed by atoms with Gasteiger partial charge in [0.15, 0.2) is 0 Å². The quantitative estimate of drug-likeness (QED) is 0.170. The normalized spacial score (nSPS) is 12.4. The van der Waals surface area contributed by atoms with Gasteiger partial charge in [-0.3, -0.25) is 0 Å². The Morgan fingerprint density at radius 3 is 1.78 bits per heavy atom. The molecule has 0 unspecified atom stereocenters. The van der Waals surface area contributed by atoms with E-state index in [1.54, 1.807) is 0 Å². The largest absolute Gasteiger partial charge is 0.455 e. The fourth-order valence-corrected chi connectivity index (χ4v) is 10.0. The average molecular weight is 651 g/mol. The van der Waals surface area contributed by atoms with Gasteiger partial charge in [-0.1, -0.05) is 140 Å². The van der Waals surface area contributed by atoms with Crippen LogP contribution in [0.4, 0.5) is 0 Å². The van der Waals surface area contributed by atoms with Gasteiger partial charge in [0.1, 0.15) is 11.2 Å². The number of benzene rings is 10. The zero-order valence-electron chi connectivity index (χ0n) is 26.8. The number of furan rings is 1. The van der Waals surface area contributed by atoms with Gasteiger partial charge in [0, 0.05) is 47.5 Å². The van der Waals surface area contributed by atoms with E-state index in [2.05, 4.69) is 158 Å². The Balaban J connectivity index is 1.22. The Kier molecular flexibility index (Phi) is 5.18. The minimum absolute atomic E-state index is 0.939. The highest BCUT2D eigenvalue weighted by atomic mass is 32.1. The standard InChI is InChI=1S/C48H26OS/c1-3-11-32-27(7-1)20-26-41-44(32)40-14-6-13-38(48(40)50-41)37-25-24-36(45-39-23-17-28-8-2-4-12-33(28)46(39)49-47(37)45)34-21-18-31-16-15-29-9-5-10-30-19-22-35(34)43(31)42(29)30/h1-26H. The van der Waals surface area contributed by atoms with E-state index in [0.717, 1.165) is 27.5 Å². The molecule has 0 fully saturated rings. The summed E-state index contributed by atoms with van der Waals surface area (Å²) in [4.78, 5) is 0. The number of hydrogen-bond acceptors (Lipinski definition) is 2. The summed E-state index contributed by atoms with van der Waals surface area (Å²) in [6, 6.07) is 58.1. The summed E-state index contributed by atoms with van der Waals surface area (Å²) in [5, 5.41) is 17.6. The predicted molar refractivity (Wildman–Crippen MR) is 216 cm³/mol. The first-order valence-corrected chi connectivity index (χ1v) is 18.0. The van der Waals surface area contributed by atoms with Crippen LogP contribution in [0.3, 0.4) is 0 Å². The Bertz CT molecular complexity index is 3360. The van der Waals surface area contributed by atoms with Gasteiger partial charge in [0.05, 0.1) is 0 Å². The van der Waals surface area contributed by atoms with Crippen molar-refractivity contribution in [1.82, 2.24) is 0 Å². The van der Waals surface area contributed by atoms with Crippen molar-refractivity contribution in [2.24, 2.45) is 0 Å². The van der Waals surface area contributed by atoms with E-state index in [0.29, 0.717) is 0 Å². The number of fused-ring (bicyclic) bond motifs is 10. The predicted octanol–water partition coefficient (Wildman–Crippen LogP) is 14.5. The second kappa shape index (κ2) is 9.69. The molecule has 230 valence electrons. The second-order valence-corrected chi connectivity index (χ2v) is 14.6. The molecule has 0 atom stereocenters. The van der Waals surface area contributed by atoms with Crippen LogP contribution >= 0.6 is 11.3 Å². The van der Waals surface area contributed by atoms with Crippen LogP contribution in [0.25, 0.3) is 118 Å². The molecular weight excluding hydrogens is 625 g/mol. The summed E-state index contributed by atoms with van der Waals surface area (Å²) < 4.78 is 9.74. The van der Waals surface area contributed by atoms with Crippen LogP contribution in [0.2, 0.25) is 0 Å². The molecule has 2 heteroatoms. The molecule has 0 bridgehead atoms. The van der Waals surface area contributed by atoms with Crippen molar-refractivity contribution >= 4 is 107 Å². The third kappa shape index (κ3) is 3.46. The summed E-state index contributed by atoms with van der Waals surface area (Å²) in [7, 11) is 0. The van der Waals surface area contributed by atoms with Gasteiger partial charge in [-0.2, -0.15) is 0 Å². The maximum Gasteiger partial charge on any atom is 0.143 e. The highest BCUT2D eigenvalue weighted by molar-refractivity contribution is 7.26. The van der Waals surface area contributed by atoms with E-state index in [4.69, 9.17) is 4.42 Å². The summed E-state index contributed by atoms with van der Waals surface area (Å²) >= 11 is 1.88. The monoisotopic (exact) mass is 650 g/mol. The lowest BCUT2D eigenvalue weighted by atomic mass is 9.87. The number of thiophene rings is 1. The molecule has 0 aliphatic carbocycles. The Labute approximate surface area is 290 Å². The number of hydrogen-bond donors (Lipinski definition) is 0. The Hall–Kier alpha value is -6.22. The van der Waals surface area contributed by atoms with Gasteiger partial charge >= 0.3 is 0 Å². The van der Waals surface area contributed by atoms with E-state index in [9.17, 15) is 0 Å². The van der Waals surface area contributed by atoms with Gasteiger partial charge in [0.2, 0.25) is 0 Å². The molecule has 0 N–H and O–H groups in total. The molecule has 0 aliphatic rings. The van der Waals surface area contributed by atoms with Crippen LogP contribution in [0.1, 0.15) is 0 Å². The summed E-state index contributed by atoms with van der Waals surface area (Å²) in [5.41, 5.74) is 6.65. The van der Waals surface area contributed by atoms with Crippen molar-refractivity contribution in [3.05, 3.63) is 158 Å². The first-order chi connectivity index (χ1) is 24.8. The lowest BCUT2D eigenvalue weighted by Gasteiger charge is -2.15. The van der Waals surface area contributed by atoms with Crippen molar-refractivity contribution in [1.29, 1.82) is 0 Å². The van der Waals surface area contributed by atoms with Crippen molar-refractivity contribution in [3.63, 3.8) is 0 Å². The first kappa shape index (κ1) is 26.7. The summed E-state index contributed by atoms with van der Waals surface area (Å²) in [5.74, 6) is 0. The SMILES string of the molecule is c1ccc2c(c1)ccc1c2oc2c(-c3cccc4c3sc3ccc5ccccc5c34)ccc(-c3ccc4ccc5cccc6ccc3c4c56)c21. The zero-order valence-corrected chi connectivity index (χ0v) is 27.6. The third-order valence-electron chi connectivity index (χ3n) is 11.0. The van der Waals surface area contributed by atoms with Gasteiger partial charge in [-0.05, 0) is 77.8 Å². The fourth-order valence-electron chi connectivity index (χ4n) is 8.79. The minimum atomic E-state index is 0.939. The van der Waals surface area contributed by atoms with E-state index in [1.165, 1.54) is 90.7 Å². The van der Waals surface area contributed by atoms with E-state index < -0.39 is 0 Å². The van der Waals surface area contributed by atoms with Crippen molar-refractivity contribution < 1.29 is 4.42 Å². The van der Waals surface area contributed by atoms with Crippen LogP contribution < -0.4 is 0 Å². The van der Waals surface area contributed by atoms with Crippen LogP contribution in [0.15, 0.2) is 162 Å². The highest BCUT2D eigenvalue weighted by Gasteiger charge is 2.22. The topological polar surface area (TPSA) is 13.1 Å². The Morgan fingerprint density at radius 2 is 0.900 bits per heavy atom. The molecular formula is C48H26OS. The molecule has 0 spiro atoms. The van der Waals surface area contributed by atoms with E-state index in [1.807, 2.05) is 11.3 Å². The van der Waals surface area contributed by atoms with Gasteiger partial charge in [-0.15, -0.1) is 11.3 Å². The lowest BCUT2D eigenvalue weighted by molar-refractivity contribution is 0.674. The molecule has 50 heavy (non-hydrogen) atoms. The molecule has 0 saturated heterocycles. The van der Waals surface area contributed by atoms with Crippen LogP contribution in [0, 0.1) is 0 Å². The third-order valence-corrected chi connectivity index (χ3v) is 12.2. The molecule has 0 aliphatic heterocycles. The maximum atomic E-state index is 7.14. The molecule has 10 aromatic carbocycles. The molecule has 12 aromatic rings. The number of rotatable bonds is 2. The summed E-state index contributed by atoms with van der Waals surface area (Å²) in [6.07, 6.45) is 0. The molecule has 1 nitrogen and oxygen atoms in total. The lowest BCUT2D eigenvalue weighted by Crippen LogP contribution is -1.89. The zero-order chi connectivity index (χ0) is 32.5. The van der Waals surface area contributed by atoms with E-state index in [-0.39, 0.29) is 0 Å². The molecule has 12 rings (SSSR count). The minimum Gasteiger partial charge on any atom is -0.455 e. The smallest absolute Gasteiger partial charge is 0.143 e.